The Morgan fingerprint density at radius 2 is 1.88 bits per heavy atom. The molecule has 0 aliphatic rings. The largest absolute Gasteiger partial charge is 0.377 e. The monoisotopic (exact) mass is 244 g/mol. The van der Waals surface area contributed by atoms with Gasteiger partial charge in [0.15, 0.2) is 0 Å². The summed E-state index contributed by atoms with van der Waals surface area (Å²) >= 11 is 0. The van der Waals surface area contributed by atoms with Crippen LogP contribution < -0.4 is 5.32 Å². The number of likely N-dealkylation sites (N-methyl/N-ethyl adjacent to an activating group) is 1. The van der Waals surface area contributed by atoms with Gasteiger partial charge in [-0.25, -0.2) is 0 Å². The van der Waals surface area contributed by atoms with Gasteiger partial charge in [-0.15, -0.1) is 0 Å². The minimum absolute atomic E-state index is 0.105. The van der Waals surface area contributed by atoms with Gasteiger partial charge in [-0.2, -0.15) is 0 Å². The van der Waals surface area contributed by atoms with Crippen LogP contribution in [0.4, 0.5) is 0 Å². The molecule has 1 unspecified atom stereocenters. The van der Waals surface area contributed by atoms with Gasteiger partial charge in [0.05, 0.1) is 5.60 Å². The van der Waals surface area contributed by atoms with E-state index in [4.69, 9.17) is 4.74 Å². The van der Waals surface area contributed by atoms with Crippen LogP contribution in [0, 0.1) is 5.92 Å². The highest BCUT2D eigenvalue weighted by molar-refractivity contribution is 4.85. The van der Waals surface area contributed by atoms with E-state index in [-0.39, 0.29) is 5.60 Å². The summed E-state index contributed by atoms with van der Waals surface area (Å²) in [4.78, 5) is 2.51. The highest BCUT2D eigenvalue weighted by Gasteiger charge is 2.27. The molecule has 104 valence electrons. The predicted octanol–water partition coefficient (Wildman–Crippen LogP) is 2.37. The summed E-state index contributed by atoms with van der Waals surface area (Å²) in [5.74, 6) is 0.735. The zero-order valence-corrected chi connectivity index (χ0v) is 12.8. The topological polar surface area (TPSA) is 24.5 Å². The van der Waals surface area contributed by atoms with E-state index in [1.165, 1.54) is 6.54 Å². The number of nitrogens with one attached hydrogen (secondary N) is 1. The number of rotatable bonds is 9. The summed E-state index contributed by atoms with van der Waals surface area (Å²) in [7, 11) is 3.81. The highest BCUT2D eigenvalue weighted by atomic mass is 16.5. The smallest absolute Gasteiger partial charge is 0.0775 e. The zero-order valence-electron chi connectivity index (χ0n) is 12.8. The van der Waals surface area contributed by atoms with Gasteiger partial charge in [-0.3, -0.25) is 0 Å². The standard InChI is InChI=1S/C14H32N2O/c1-8-16(11-12(2)3)10-9-13(15-6)14(4,5)17-7/h12-13,15H,8-11H2,1-7H3. The molecule has 0 spiro atoms. The van der Waals surface area contributed by atoms with Gasteiger partial charge in [0.25, 0.3) is 0 Å². The maximum Gasteiger partial charge on any atom is 0.0775 e. The summed E-state index contributed by atoms with van der Waals surface area (Å²) in [6.07, 6.45) is 1.12. The van der Waals surface area contributed by atoms with Crippen LogP contribution in [-0.4, -0.2) is 50.3 Å². The third kappa shape index (κ3) is 6.39. The van der Waals surface area contributed by atoms with Crippen LogP contribution in [0.3, 0.4) is 0 Å². The van der Waals surface area contributed by atoms with Gasteiger partial charge in [-0.1, -0.05) is 20.8 Å². The van der Waals surface area contributed by atoms with Crippen molar-refractivity contribution in [2.75, 3.05) is 33.8 Å². The molecule has 0 aliphatic carbocycles. The van der Waals surface area contributed by atoms with E-state index in [0.29, 0.717) is 6.04 Å². The van der Waals surface area contributed by atoms with Crippen LogP contribution in [0.25, 0.3) is 0 Å². The lowest BCUT2D eigenvalue weighted by Gasteiger charge is -2.34. The molecular formula is C14H32N2O. The van der Waals surface area contributed by atoms with Crippen molar-refractivity contribution in [2.24, 2.45) is 5.92 Å². The van der Waals surface area contributed by atoms with Crippen molar-refractivity contribution in [3.8, 4) is 0 Å². The molecule has 17 heavy (non-hydrogen) atoms. The maximum atomic E-state index is 5.56. The van der Waals surface area contributed by atoms with Crippen molar-refractivity contribution < 1.29 is 4.74 Å². The van der Waals surface area contributed by atoms with Crippen molar-refractivity contribution >= 4 is 0 Å². The Bertz CT molecular complexity index is 193. The van der Waals surface area contributed by atoms with E-state index < -0.39 is 0 Å². The lowest BCUT2D eigenvalue weighted by atomic mass is 9.95. The predicted molar refractivity (Wildman–Crippen MR) is 75.5 cm³/mol. The summed E-state index contributed by atoms with van der Waals surface area (Å²) in [5.41, 5.74) is -0.105. The van der Waals surface area contributed by atoms with E-state index in [1.54, 1.807) is 7.11 Å². The van der Waals surface area contributed by atoms with Gasteiger partial charge in [-0.05, 0) is 46.3 Å². The average Bonchev–Trinajstić information content (AvgIpc) is 2.27. The van der Waals surface area contributed by atoms with Gasteiger partial charge in [0.1, 0.15) is 0 Å². The molecule has 0 amide bonds. The summed E-state index contributed by atoms with van der Waals surface area (Å²) in [6.45, 7) is 14.5. The van der Waals surface area contributed by atoms with Crippen LogP contribution in [0.2, 0.25) is 0 Å². The Morgan fingerprint density at radius 1 is 1.29 bits per heavy atom. The molecule has 0 aromatic rings. The van der Waals surface area contributed by atoms with Gasteiger partial charge in [0, 0.05) is 19.7 Å². The molecule has 0 saturated heterocycles. The lowest BCUT2D eigenvalue weighted by Crippen LogP contribution is -2.48. The Labute approximate surface area is 108 Å². The number of nitrogens with zero attached hydrogens (tertiary/aromatic N) is 1. The Morgan fingerprint density at radius 3 is 2.24 bits per heavy atom. The molecule has 0 bridgehead atoms. The minimum Gasteiger partial charge on any atom is -0.377 e. The number of ether oxygens (including phenoxy) is 1. The fourth-order valence-corrected chi connectivity index (χ4v) is 2.19. The van der Waals surface area contributed by atoms with Gasteiger partial charge < -0.3 is 15.0 Å². The fraction of sp³-hybridized carbons (Fsp3) is 1.00. The number of hydrogen-bond donors (Lipinski definition) is 1. The Balaban J connectivity index is 4.21. The van der Waals surface area contributed by atoms with E-state index >= 15 is 0 Å². The van der Waals surface area contributed by atoms with Crippen molar-refractivity contribution in [3.63, 3.8) is 0 Å². The van der Waals surface area contributed by atoms with Crippen molar-refractivity contribution in [3.05, 3.63) is 0 Å². The van der Waals surface area contributed by atoms with Crippen molar-refractivity contribution in [1.29, 1.82) is 0 Å². The first kappa shape index (κ1) is 16.9. The first-order valence-electron chi connectivity index (χ1n) is 6.82. The molecule has 0 aliphatic heterocycles. The van der Waals surface area contributed by atoms with Gasteiger partial charge >= 0.3 is 0 Å². The molecule has 3 nitrogen and oxygen atoms in total. The Hall–Kier alpha value is -0.120. The second-order valence-corrected chi connectivity index (χ2v) is 5.72. The fourth-order valence-electron chi connectivity index (χ4n) is 2.19. The maximum absolute atomic E-state index is 5.56. The molecule has 0 aromatic carbocycles. The number of hydrogen-bond acceptors (Lipinski definition) is 3. The van der Waals surface area contributed by atoms with Crippen molar-refractivity contribution in [1.82, 2.24) is 10.2 Å². The molecular weight excluding hydrogens is 212 g/mol. The molecule has 0 fully saturated rings. The van der Waals surface area contributed by atoms with Crippen molar-refractivity contribution in [2.45, 2.75) is 52.7 Å². The summed E-state index contributed by atoms with van der Waals surface area (Å²) in [6, 6.07) is 0.397. The first-order valence-corrected chi connectivity index (χ1v) is 6.82. The molecule has 0 saturated carbocycles. The quantitative estimate of drug-likeness (QED) is 0.674. The zero-order chi connectivity index (χ0) is 13.5. The highest BCUT2D eigenvalue weighted by Crippen LogP contribution is 2.17. The molecule has 3 heteroatoms. The average molecular weight is 244 g/mol. The first-order chi connectivity index (χ1) is 7.87. The van der Waals surface area contributed by atoms with Crippen LogP contribution in [0.1, 0.15) is 41.0 Å². The van der Waals surface area contributed by atoms with Crippen LogP contribution >= 0.6 is 0 Å². The van der Waals surface area contributed by atoms with Crippen LogP contribution in [0.5, 0.6) is 0 Å². The molecule has 0 heterocycles. The molecule has 1 N–H and O–H groups in total. The third-order valence-corrected chi connectivity index (χ3v) is 3.52. The van der Waals surface area contributed by atoms with E-state index in [2.05, 4.69) is 44.8 Å². The second-order valence-electron chi connectivity index (χ2n) is 5.72. The molecule has 0 radical (unpaired) electrons. The second kappa shape index (κ2) is 8.06. The van der Waals surface area contributed by atoms with Crippen LogP contribution in [-0.2, 0) is 4.74 Å². The number of methoxy groups -OCH3 is 1. The van der Waals surface area contributed by atoms with E-state index in [0.717, 1.165) is 25.4 Å². The molecule has 0 rings (SSSR count). The van der Waals surface area contributed by atoms with E-state index in [9.17, 15) is 0 Å². The minimum atomic E-state index is -0.105. The Kier molecular flexibility index (Phi) is 8.01. The van der Waals surface area contributed by atoms with E-state index in [1.807, 2.05) is 7.05 Å². The third-order valence-electron chi connectivity index (χ3n) is 3.52. The summed E-state index contributed by atoms with van der Waals surface area (Å²) in [5, 5.41) is 3.37. The molecule has 1 atom stereocenters. The molecule has 0 aromatic heterocycles. The normalized spacial score (nSPS) is 14.6. The lowest BCUT2D eigenvalue weighted by molar-refractivity contribution is -0.0128. The SMILES string of the molecule is CCN(CCC(NC)C(C)(C)OC)CC(C)C. The van der Waals surface area contributed by atoms with Gasteiger partial charge in [0.2, 0.25) is 0 Å². The van der Waals surface area contributed by atoms with Crippen LogP contribution in [0.15, 0.2) is 0 Å². The summed E-state index contributed by atoms with van der Waals surface area (Å²) < 4.78 is 5.56.